The van der Waals surface area contributed by atoms with E-state index >= 15 is 0 Å². The first-order chi connectivity index (χ1) is 8.73. The molecule has 0 saturated heterocycles. The molecule has 3 heteroatoms. The van der Waals surface area contributed by atoms with Crippen molar-refractivity contribution >= 4 is 0 Å². The normalized spacial score (nSPS) is 12.6. The molecule has 18 heavy (non-hydrogen) atoms. The molecule has 0 aromatic heterocycles. The lowest BCUT2D eigenvalue weighted by Gasteiger charge is -2.28. The number of nitrogens with one attached hydrogen (secondary N) is 1. The van der Waals surface area contributed by atoms with E-state index in [2.05, 4.69) is 19.2 Å². The summed E-state index contributed by atoms with van der Waals surface area (Å²) in [5.41, 5.74) is 1.12. The summed E-state index contributed by atoms with van der Waals surface area (Å²) in [6, 6.07) is 6.20. The average molecular weight is 251 g/mol. The Morgan fingerprint density at radius 3 is 1.89 bits per heavy atom. The van der Waals surface area contributed by atoms with Crippen LogP contribution in [0.1, 0.15) is 38.3 Å². The predicted molar refractivity (Wildman–Crippen MR) is 75.4 cm³/mol. The van der Waals surface area contributed by atoms with E-state index in [4.69, 9.17) is 9.47 Å². The minimum absolute atomic E-state index is 0.256. The Hall–Kier alpha value is -1.22. The molecule has 1 N–H and O–H groups in total. The molecule has 1 rings (SSSR count). The van der Waals surface area contributed by atoms with E-state index in [9.17, 15) is 0 Å². The summed E-state index contributed by atoms with van der Waals surface area (Å²) in [5.74, 6) is 2.35. The molecule has 0 saturated carbocycles. The Labute approximate surface area is 110 Å². The largest absolute Gasteiger partial charge is 0.496 e. The van der Waals surface area contributed by atoms with Crippen LogP contribution < -0.4 is 14.8 Å². The van der Waals surface area contributed by atoms with E-state index in [1.807, 2.05) is 25.2 Å². The number of hydrogen-bond donors (Lipinski definition) is 1. The second-order valence-corrected chi connectivity index (χ2v) is 4.42. The number of rotatable bonds is 7. The van der Waals surface area contributed by atoms with E-state index < -0.39 is 0 Å². The van der Waals surface area contributed by atoms with Gasteiger partial charge in [0, 0.05) is 6.04 Å². The second kappa shape index (κ2) is 7.27. The Morgan fingerprint density at radius 2 is 1.56 bits per heavy atom. The number of hydrogen-bond acceptors (Lipinski definition) is 3. The minimum Gasteiger partial charge on any atom is -0.496 e. The van der Waals surface area contributed by atoms with Crippen LogP contribution in [-0.4, -0.2) is 21.3 Å². The Bertz CT molecular complexity index is 339. The Kier molecular flexibility index (Phi) is 5.99. The quantitative estimate of drug-likeness (QED) is 0.805. The van der Waals surface area contributed by atoms with Gasteiger partial charge in [-0.25, -0.2) is 0 Å². The van der Waals surface area contributed by atoms with Crippen LogP contribution in [0, 0.1) is 5.92 Å². The van der Waals surface area contributed by atoms with Gasteiger partial charge in [0.25, 0.3) is 0 Å². The van der Waals surface area contributed by atoms with Crippen molar-refractivity contribution < 1.29 is 9.47 Å². The van der Waals surface area contributed by atoms with Gasteiger partial charge in [0.05, 0.1) is 19.8 Å². The van der Waals surface area contributed by atoms with Gasteiger partial charge in [0.1, 0.15) is 11.5 Å². The lowest BCUT2D eigenvalue weighted by Crippen LogP contribution is -2.25. The van der Waals surface area contributed by atoms with E-state index in [0.717, 1.165) is 29.9 Å². The summed E-state index contributed by atoms with van der Waals surface area (Å²) in [5, 5.41) is 3.41. The third-order valence-electron chi connectivity index (χ3n) is 3.61. The molecule has 0 radical (unpaired) electrons. The summed E-state index contributed by atoms with van der Waals surface area (Å²) in [6.07, 6.45) is 2.26. The molecule has 0 bridgehead atoms. The predicted octanol–water partition coefficient (Wildman–Crippen LogP) is 3.40. The molecular weight excluding hydrogens is 226 g/mol. The zero-order valence-corrected chi connectivity index (χ0v) is 12.1. The van der Waals surface area contributed by atoms with E-state index in [-0.39, 0.29) is 6.04 Å². The van der Waals surface area contributed by atoms with Crippen LogP contribution in [0.2, 0.25) is 0 Å². The van der Waals surface area contributed by atoms with Gasteiger partial charge in [-0.2, -0.15) is 0 Å². The van der Waals surface area contributed by atoms with Crippen LogP contribution in [0.25, 0.3) is 0 Å². The molecule has 1 aromatic carbocycles. The molecule has 1 unspecified atom stereocenters. The van der Waals surface area contributed by atoms with Crippen molar-refractivity contribution in [3.63, 3.8) is 0 Å². The van der Waals surface area contributed by atoms with Gasteiger partial charge in [-0.3, -0.25) is 0 Å². The average Bonchev–Trinajstić information content (AvgIpc) is 2.43. The smallest absolute Gasteiger partial charge is 0.127 e. The van der Waals surface area contributed by atoms with E-state index in [1.165, 1.54) is 0 Å². The maximum absolute atomic E-state index is 5.49. The van der Waals surface area contributed by atoms with Gasteiger partial charge in [-0.15, -0.1) is 0 Å². The van der Waals surface area contributed by atoms with Gasteiger partial charge in [-0.05, 0) is 25.1 Å². The third kappa shape index (κ3) is 2.96. The first-order valence-electron chi connectivity index (χ1n) is 6.61. The molecule has 0 aliphatic heterocycles. The van der Waals surface area contributed by atoms with E-state index in [0.29, 0.717) is 5.92 Å². The van der Waals surface area contributed by atoms with Crippen LogP contribution in [-0.2, 0) is 0 Å². The van der Waals surface area contributed by atoms with Crippen LogP contribution >= 0.6 is 0 Å². The zero-order chi connectivity index (χ0) is 13.5. The van der Waals surface area contributed by atoms with Crippen LogP contribution in [0.3, 0.4) is 0 Å². The highest BCUT2D eigenvalue weighted by Gasteiger charge is 2.25. The fraction of sp³-hybridized carbons (Fsp3) is 0.600. The van der Waals surface area contributed by atoms with Gasteiger partial charge < -0.3 is 14.8 Å². The topological polar surface area (TPSA) is 30.5 Å². The molecule has 0 fully saturated rings. The van der Waals surface area contributed by atoms with E-state index in [1.54, 1.807) is 14.2 Å². The highest BCUT2D eigenvalue weighted by molar-refractivity contribution is 5.47. The van der Waals surface area contributed by atoms with Gasteiger partial charge in [0.15, 0.2) is 0 Å². The molecule has 102 valence electrons. The monoisotopic (exact) mass is 251 g/mol. The Morgan fingerprint density at radius 1 is 1.06 bits per heavy atom. The van der Waals surface area contributed by atoms with Crippen LogP contribution in [0.4, 0.5) is 0 Å². The standard InChI is InChI=1S/C15H25NO2/c1-6-11(7-2)15(16-3)14-12(17-4)9-8-10-13(14)18-5/h8-11,15-16H,6-7H2,1-5H3. The highest BCUT2D eigenvalue weighted by atomic mass is 16.5. The number of ether oxygens (including phenoxy) is 2. The minimum atomic E-state index is 0.256. The first-order valence-corrected chi connectivity index (χ1v) is 6.61. The van der Waals surface area contributed by atoms with Crippen molar-refractivity contribution in [1.29, 1.82) is 0 Å². The van der Waals surface area contributed by atoms with Crippen LogP contribution in [0.5, 0.6) is 11.5 Å². The van der Waals surface area contributed by atoms with Crippen molar-refractivity contribution in [1.82, 2.24) is 5.32 Å². The number of methoxy groups -OCH3 is 2. The SMILES string of the molecule is CCC(CC)C(NC)c1c(OC)cccc1OC. The van der Waals surface area contributed by atoms with Crippen molar-refractivity contribution in [3.05, 3.63) is 23.8 Å². The molecule has 0 aliphatic carbocycles. The molecule has 3 nitrogen and oxygen atoms in total. The van der Waals surface area contributed by atoms with Crippen molar-refractivity contribution in [2.45, 2.75) is 32.7 Å². The first kappa shape index (κ1) is 14.8. The maximum Gasteiger partial charge on any atom is 0.127 e. The molecule has 0 amide bonds. The highest BCUT2D eigenvalue weighted by Crippen LogP contribution is 2.39. The van der Waals surface area contributed by atoms with Gasteiger partial charge >= 0.3 is 0 Å². The third-order valence-corrected chi connectivity index (χ3v) is 3.61. The molecule has 1 atom stereocenters. The van der Waals surface area contributed by atoms with Crippen molar-refractivity contribution in [2.75, 3.05) is 21.3 Å². The summed E-state index contributed by atoms with van der Waals surface area (Å²) in [6.45, 7) is 4.45. The maximum atomic E-state index is 5.49. The lowest BCUT2D eigenvalue weighted by molar-refractivity contribution is 0.321. The fourth-order valence-electron chi connectivity index (χ4n) is 2.56. The molecular formula is C15H25NO2. The molecule has 1 aromatic rings. The molecule has 0 aliphatic rings. The van der Waals surface area contributed by atoms with Crippen molar-refractivity contribution in [2.24, 2.45) is 5.92 Å². The van der Waals surface area contributed by atoms with Gasteiger partial charge in [-0.1, -0.05) is 32.8 Å². The lowest BCUT2D eigenvalue weighted by atomic mass is 9.88. The Balaban J connectivity index is 3.25. The van der Waals surface area contributed by atoms with Crippen molar-refractivity contribution in [3.8, 4) is 11.5 Å². The fourth-order valence-corrected chi connectivity index (χ4v) is 2.56. The summed E-state index contributed by atoms with van der Waals surface area (Å²) in [4.78, 5) is 0. The number of benzene rings is 1. The van der Waals surface area contributed by atoms with Crippen LogP contribution in [0.15, 0.2) is 18.2 Å². The second-order valence-electron chi connectivity index (χ2n) is 4.42. The summed E-state index contributed by atoms with van der Waals surface area (Å²) >= 11 is 0. The summed E-state index contributed by atoms with van der Waals surface area (Å²) < 4.78 is 11.0. The zero-order valence-electron chi connectivity index (χ0n) is 12.1. The molecule has 0 spiro atoms. The molecule has 0 heterocycles. The summed E-state index contributed by atoms with van der Waals surface area (Å²) in [7, 11) is 5.41. The van der Waals surface area contributed by atoms with Gasteiger partial charge in [0.2, 0.25) is 0 Å².